The molecule has 0 amide bonds. The van der Waals surface area contributed by atoms with Crippen LogP contribution in [0.5, 0.6) is 0 Å². The number of thiophene rings is 1. The molecule has 7 heteroatoms. The Morgan fingerprint density at radius 2 is 2.04 bits per heavy atom. The highest BCUT2D eigenvalue weighted by molar-refractivity contribution is 7.20. The summed E-state index contributed by atoms with van der Waals surface area (Å²) in [5.74, 6) is 0.638. The summed E-state index contributed by atoms with van der Waals surface area (Å²) in [5.41, 5.74) is 0.920. The van der Waals surface area contributed by atoms with Crippen molar-refractivity contribution in [1.29, 1.82) is 0 Å². The number of esters is 1. The van der Waals surface area contributed by atoms with Crippen molar-refractivity contribution in [3.8, 4) is 0 Å². The molecule has 0 saturated carbocycles. The second-order valence-corrected chi connectivity index (χ2v) is 6.75. The van der Waals surface area contributed by atoms with Gasteiger partial charge in [0.05, 0.1) is 12.5 Å². The highest BCUT2D eigenvalue weighted by Gasteiger charge is 2.24. The second kappa shape index (κ2) is 6.80. The summed E-state index contributed by atoms with van der Waals surface area (Å²) in [5, 5.41) is 0.988. The summed E-state index contributed by atoms with van der Waals surface area (Å²) < 4.78 is 4.88. The molecule has 1 fully saturated rings. The maximum Gasteiger partial charge on any atom is 0.348 e. The number of fused-ring (bicyclic) bond motifs is 1. The Hall–Kier alpha value is -1.73. The van der Waals surface area contributed by atoms with Crippen molar-refractivity contribution < 1.29 is 9.53 Å². The highest BCUT2D eigenvalue weighted by Crippen LogP contribution is 2.35. The van der Waals surface area contributed by atoms with Crippen molar-refractivity contribution >= 4 is 33.3 Å². The maximum absolute atomic E-state index is 11.9. The standard InChI is InChI=1S/C16H22N4O2S/c1-4-5-19-6-8-20(9-7-19)14-12-11(2)13(16(21)22-3)23-15(12)18-10-17-14/h10H,4-9H2,1-3H3. The number of hydrogen-bond acceptors (Lipinski definition) is 7. The van der Waals surface area contributed by atoms with Crippen LogP contribution < -0.4 is 4.90 Å². The Morgan fingerprint density at radius 3 is 2.70 bits per heavy atom. The number of hydrogen-bond donors (Lipinski definition) is 0. The Kier molecular flexibility index (Phi) is 4.77. The molecule has 1 aliphatic heterocycles. The predicted octanol–water partition coefficient (Wildman–Crippen LogP) is 2.32. The topological polar surface area (TPSA) is 58.6 Å². The van der Waals surface area contributed by atoms with Crippen LogP contribution in [-0.4, -0.2) is 60.7 Å². The van der Waals surface area contributed by atoms with Crippen LogP contribution in [0.4, 0.5) is 5.82 Å². The molecule has 0 aliphatic carbocycles. The van der Waals surface area contributed by atoms with E-state index in [9.17, 15) is 4.79 Å². The number of nitrogens with zero attached hydrogens (tertiary/aromatic N) is 4. The van der Waals surface area contributed by atoms with Crippen LogP contribution >= 0.6 is 11.3 Å². The van der Waals surface area contributed by atoms with Crippen LogP contribution in [0.15, 0.2) is 6.33 Å². The molecule has 2 aromatic heterocycles. The van der Waals surface area contributed by atoms with Crippen LogP contribution in [0.1, 0.15) is 28.6 Å². The summed E-state index contributed by atoms with van der Waals surface area (Å²) in [6, 6.07) is 0. The zero-order valence-corrected chi connectivity index (χ0v) is 14.7. The van der Waals surface area contributed by atoms with Gasteiger partial charge in [-0.15, -0.1) is 11.3 Å². The van der Waals surface area contributed by atoms with Crippen molar-refractivity contribution in [2.24, 2.45) is 0 Å². The third-order valence-electron chi connectivity index (χ3n) is 4.29. The van der Waals surface area contributed by atoms with Gasteiger partial charge in [0.15, 0.2) is 0 Å². The fourth-order valence-corrected chi connectivity index (χ4v) is 4.14. The molecule has 0 bridgehead atoms. The van der Waals surface area contributed by atoms with Gasteiger partial charge in [-0.1, -0.05) is 6.92 Å². The predicted molar refractivity (Wildman–Crippen MR) is 92.4 cm³/mol. The van der Waals surface area contributed by atoms with E-state index in [4.69, 9.17) is 4.74 Å². The molecular weight excluding hydrogens is 312 g/mol. The summed E-state index contributed by atoms with van der Waals surface area (Å²) in [4.78, 5) is 27.0. The summed E-state index contributed by atoms with van der Waals surface area (Å²) in [7, 11) is 1.41. The summed E-state index contributed by atoms with van der Waals surface area (Å²) in [6.45, 7) is 9.31. The average molecular weight is 334 g/mol. The monoisotopic (exact) mass is 334 g/mol. The summed E-state index contributed by atoms with van der Waals surface area (Å²) >= 11 is 1.38. The number of ether oxygens (including phenoxy) is 1. The second-order valence-electron chi connectivity index (χ2n) is 5.75. The molecule has 1 saturated heterocycles. The first-order valence-corrected chi connectivity index (χ1v) is 8.77. The summed E-state index contributed by atoms with van der Waals surface area (Å²) in [6.07, 6.45) is 2.77. The lowest BCUT2D eigenvalue weighted by molar-refractivity contribution is 0.0605. The molecular formula is C16H22N4O2S. The first-order valence-electron chi connectivity index (χ1n) is 7.95. The van der Waals surface area contributed by atoms with E-state index in [0.29, 0.717) is 4.88 Å². The van der Waals surface area contributed by atoms with Crippen LogP contribution in [0.2, 0.25) is 0 Å². The number of anilines is 1. The fourth-order valence-electron chi connectivity index (χ4n) is 3.08. The minimum absolute atomic E-state index is 0.302. The zero-order valence-electron chi connectivity index (χ0n) is 13.8. The minimum atomic E-state index is -0.302. The Balaban J connectivity index is 1.93. The lowest BCUT2D eigenvalue weighted by atomic mass is 10.2. The highest BCUT2D eigenvalue weighted by atomic mass is 32.1. The molecule has 23 heavy (non-hydrogen) atoms. The van der Waals surface area contributed by atoms with E-state index >= 15 is 0 Å². The smallest absolute Gasteiger partial charge is 0.348 e. The molecule has 3 rings (SSSR count). The largest absolute Gasteiger partial charge is 0.465 e. The zero-order chi connectivity index (χ0) is 16.4. The van der Waals surface area contributed by atoms with Crippen molar-refractivity contribution in [3.05, 3.63) is 16.8 Å². The van der Waals surface area contributed by atoms with Crippen LogP contribution in [0.25, 0.3) is 10.2 Å². The molecule has 6 nitrogen and oxygen atoms in total. The van der Waals surface area contributed by atoms with E-state index in [1.54, 1.807) is 6.33 Å². The van der Waals surface area contributed by atoms with Crippen LogP contribution in [0, 0.1) is 6.92 Å². The van der Waals surface area contributed by atoms with E-state index in [1.807, 2.05) is 6.92 Å². The molecule has 0 unspecified atom stereocenters. The number of carbonyl (C=O) groups excluding carboxylic acids is 1. The molecule has 0 aromatic carbocycles. The van der Waals surface area contributed by atoms with E-state index in [2.05, 4.69) is 26.7 Å². The number of carbonyl (C=O) groups is 1. The lowest BCUT2D eigenvalue weighted by Gasteiger charge is -2.35. The van der Waals surface area contributed by atoms with Gasteiger partial charge in [-0.3, -0.25) is 4.90 Å². The van der Waals surface area contributed by atoms with Gasteiger partial charge in [0.25, 0.3) is 0 Å². The number of aromatic nitrogens is 2. The van der Waals surface area contributed by atoms with E-state index < -0.39 is 0 Å². The molecule has 0 atom stereocenters. The molecule has 124 valence electrons. The van der Waals surface area contributed by atoms with Crippen molar-refractivity contribution in [2.75, 3.05) is 44.7 Å². The van der Waals surface area contributed by atoms with Gasteiger partial charge in [-0.05, 0) is 25.5 Å². The van der Waals surface area contributed by atoms with Gasteiger partial charge in [0.1, 0.15) is 21.9 Å². The molecule has 0 N–H and O–H groups in total. The van der Waals surface area contributed by atoms with Gasteiger partial charge in [0, 0.05) is 26.2 Å². The average Bonchev–Trinajstić information content (AvgIpc) is 2.92. The van der Waals surface area contributed by atoms with Crippen molar-refractivity contribution in [3.63, 3.8) is 0 Å². The third-order valence-corrected chi connectivity index (χ3v) is 5.47. The van der Waals surface area contributed by atoms with Gasteiger partial charge >= 0.3 is 5.97 Å². The molecule has 2 aromatic rings. The Bertz CT molecular complexity index is 707. The van der Waals surface area contributed by atoms with Crippen LogP contribution in [-0.2, 0) is 4.74 Å². The Morgan fingerprint density at radius 1 is 1.30 bits per heavy atom. The number of methoxy groups -OCH3 is 1. The fraction of sp³-hybridized carbons (Fsp3) is 0.562. The molecule has 0 radical (unpaired) electrons. The van der Waals surface area contributed by atoms with Crippen molar-refractivity contribution in [1.82, 2.24) is 14.9 Å². The molecule has 3 heterocycles. The quantitative estimate of drug-likeness (QED) is 0.800. The van der Waals surface area contributed by atoms with E-state index in [1.165, 1.54) is 24.9 Å². The molecule has 0 spiro atoms. The lowest BCUT2D eigenvalue weighted by Crippen LogP contribution is -2.46. The van der Waals surface area contributed by atoms with E-state index in [-0.39, 0.29) is 5.97 Å². The van der Waals surface area contributed by atoms with Gasteiger partial charge < -0.3 is 9.64 Å². The number of rotatable bonds is 4. The van der Waals surface area contributed by atoms with Gasteiger partial charge in [0.2, 0.25) is 0 Å². The SMILES string of the molecule is CCCN1CCN(c2ncnc3sc(C(=O)OC)c(C)c23)CC1. The van der Waals surface area contributed by atoms with Gasteiger partial charge in [-0.25, -0.2) is 14.8 Å². The molecule has 1 aliphatic rings. The maximum atomic E-state index is 11.9. The third kappa shape index (κ3) is 3.03. The minimum Gasteiger partial charge on any atom is -0.465 e. The van der Waals surface area contributed by atoms with Crippen molar-refractivity contribution in [2.45, 2.75) is 20.3 Å². The first kappa shape index (κ1) is 16.1. The van der Waals surface area contributed by atoms with Crippen LogP contribution in [0.3, 0.4) is 0 Å². The number of piperazine rings is 1. The first-order chi connectivity index (χ1) is 11.2. The number of aryl methyl sites for hydroxylation is 1. The van der Waals surface area contributed by atoms with E-state index in [0.717, 1.165) is 54.3 Å². The van der Waals surface area contributed by atoms with Gasteiger partial charge in [-0.2, -0.15) is 0 Å². The Labute approximate surface area is 140 Å². The normalized spacial score (nSPS) is 16.0.